The average molecular weight is 448 g/mol. The summed E-state index contributed by atoms with van der Waals surface area (Å²) >= 11 is 7.46. The van der Waals surface area contributed by atoms with Crippen LogP contribution in [0.25, 0.3) is 11.3 Å². The molecule has 0 atom stereocenters. The molecule has 0 bridgehead atoms. The van der Waals surface area contributed by atoms with Crippen molar-refractivity contribution in [1.82, 2.24) is 4.98 Å². The molecule has 0 radical (unpaired) electrons. The number of anilines is 1. The molecule has 1 aromatic heterocycles. The zero-order valence-electron chi connectivity index (χ0n) is 16.6. The number of ether oxygens (including phenoxy) is 1. The van der Waals surface area contributed by atoms with Crippen LogP contribution >= 0.6 is 22.9 Å². The van der Waals surface area contributed by atoms with E-state index >= 15 is 0 Å². The number of carbonyl (C=O) groups is 1. The summed E-state index contributed by atoms with van der Waals surface area (Å²) in [6.07, 6.45) is 1.68. The summed E-state index contributed by atoms with van der Waals surface area (Å²) < 4.78 is 5.38. The van der Waals surface area contributed by atoms with Crippen molar-refractivity contribution < 1.29 is 9.53 Å². The van der Waals surface area contributed by atoms with E-state index in [2.05, 4.69) is 15.5 Å². The molecule has 5 nitrogen and oxygen atoms in total. The topological polar surface area (TPSA) is 63.6 Å². The van der Waals surface area contributed by atoms with Crippen LogP contribution in [0.1, 0.15) is 20.8 Å². The van der Waals surface area contributed by atoms with Gasteiger partial charge in [0.25, 0.3) is 0 Å². The van der Waals surface area contributed by atoms with Gasteiger partial charge in [-0.2, -0.15) is 5.10 Å². The number of hydrogen-bond acceptors (Lipinski definition) is 6. The van der Waals surface area contributed by atoms with Crippen LogP contribution in [0.5, 0.6) is 5.75 Å². The molecule has 0 fully saturated rings. The molecule has 0 saturated heterocycles. The normalized spacial score (nSPS) is 10.9. The number of aromatic nitrogens is 1. The quantitative estimate of drug-likeness (QED) is 0.160. The Balaban J connectivity index is 1.37. The van der Waals surface area contributed by atoms with E-state index in [1.807, 2.05) is 49.4 Å². The number of benzene rings is 3. The van der Waals surface area contributed by atoms with E-state index in [-0.39, 0.29) is 0 Å². The van der Waals surface area contributed by atoms with Gasteiger partial charge in [0.1, 0.15) is 5.75 Å². The summed E-state index contributed by atoms with van der Waals surface area (Å²) in [5.41, 5.74) is 6.26. The Hall–Kier alpha value is -3.48. The maximum absolute atomic E-state index is 12.2. The van der Waals surface area contributed by atoms with Gasteiger partial charge in [0.2, 0.25) is 5.13 Å². The molecule has 1 heterocycles. The molecule has 0 amide bonds. The van der Waals surface area contributed by atoms with E-state index in [4.69, 9.17) is 16.3 Å². The van der Waals surface area contributed by atoms with Crippen LogP contribution in [0.15, 0.2) is 84.0 Å². The predicted octanol–water partition coefficient (Wildman–Crippen LogP) is 6.44. The molecule has 154 valence electrons. The highest BCUT2D eigenvalue weighted by Gasteiger charge is 2.10. The molecule has 7 heteroatoms. The molecule has 31 heavy (non-hydrogen) atoms. The minimum absolute atomic E-state index is 0.399. The Bertz CT molecular complexity index is 1220. The molecule has 0 spiro atoms. The summed E-state index contributed by atoms with van der Waals surface area (Å²) in [5.74, 6) is -0.0166. The van der Waals surface area contributed by atoms with Crippen molar-refractivity contribution in [2.24, 2.45) is 5.10 Å². The molecule has 3 aromatic carbocycles. The van der Waals surface area contributed by atoms with Gasteiger partial charge in [0, 0.05) is 15.5 Å². The zero-order chi connectivity index (χ0) is 21.6. The molecule has 4 rings (SSSR count). The van der Waals surface area contributed by atoms with Crippen LogP contribution in [0.2, 0.25) is 5.02 Å². The highest BCUT2D eigenvalue weighted by molar-refractivity contribution is 7.16. The maximum atomic E-state index is 12.2. The molecular formula is C24H18ClN3O2S. The van der Waals surface area contributed by atoms with Crippen LogP contribution in [0.4, 0.5) is 5.13 Å². The third-order valence-electron chi connectivity index (χ3n) is 4.37. The number of nitrogens with one attached hydrogen (secondary N) is 1. The van der Waals surface area contributed by atoms with Gasteiger partial charge < -0.3 is 4.74 Å². The minimum atomic E-state index is -0.459. The lowest BCUT2D eigenvalue weighted by molar-refractivity contribution is 0.0735. The van der Waals surface area contributed by atoms with Crippen molar-refractivity contribution in [3.05, 3.63) is 99.9 Å². The van der Waals surface area contributed by atoms with Crippen molar-refractivity contribution in [3.8, 4) is 17.0 Å². The molecule has 0 saturated carbocycles. The fraction of sp³-hybridized carbons (Fsp3) is 0.0417. The molecule has 4 aromatic rings. The monoisotopic (exact) mass is 447 g/mol. The number of halogens is 1. The number of thiazole rings is 1. The number of rotatable bonds is 6. The van der Waals surface area contributed by atoms with Crippen LogP contribution in [0.3, 0.4) is 0 Å². The third kappa shape index (κ3) is 5.36. The van der Waals surface area contributed by atoms with Crippen molar-refractivity contribution in [1.29, 1.82) is 0 Å². The van der Waals surface area contributed by atoms with E-state index in [1.165, 1.54) is 0 Å². The van der Waals surface area contributed by atoms with Gasteiger partial charge >= 0.3 is 5.97 Å². The van der Waals surface area contributed by atoms with Gasteiger partial charge in [-0.05, 0) is 55.0 Å². The lowest BCUT2D eigenvalue weighted by atomic mass is 10.1. The number of esters is 1. The fourth-order valence-electron chi connectivity index (χ4n) is 2.87. The lowest BCUT2D eigenvalue weighted by Crippen LogP contribution is -2.08. The summed E-state index contributed by atoms with van der Waals surface area (Å²) in [7, 11) is 0. The molecule has 0 aliphatic carbocycles. The van der Waals surface area contributed by atoms with E-state index in [0.29, 0.717) is 16.3 Å². The number of hydrogen-bond donors (Lipinski definition) is 1. The Labute approximate surface area is 189 Å². The number of carbonyl (C=O) groups excluding carboxylic acids is 1. The molecule has 0 aliphatic rings. The Morgan fingerprint density at radius 2 is 1.84 bits per heavy atom. The third-order valence-corrected chi connectivity index (χ3v) is 5.48. The smallest absolute Gasteiger partial charge is 0.343 e. The van der Waals surface area contributed by atoms with Gasteiger partial charge in [-0.25, -0.2) is 9.78 Å². The summed E-state index contributed by atoms with van der Waals surface area (Å²) in [4.78, 5) is 17.9. The first-order valence-electron chi connectivity index (χ1n) is 9.48. The van der Waals surface area contributed by atoms with Crippen LogP contribution in [-0.4, -0.2) is 17.2 Å². The van der Waals surface area contributed by atoms with E-state index in [1.54, 1.807) is 53.9 Å². The number of nitrogens with zero attached hydrogens (tertiary/aromatic N) is 2. The van der Waals surface area contributed by atoms with Gasteiger partial charge in [-0.15, -0.1) is 11.3 Å². The van der Waals surface area contributed by atoms with E-state index < -0.39 is 5.97 Å². The van der Waals surface area contributed by atoms with Crippen LogP contribution in [-0.2, 0) is 0 Å². The first-order valence-corrected chi connectivity index (χ1v) is 10.7. The Kier molecular flexibility index (Phi) is 6.40. The van der Waals surface area contributed by atoms with Gasteiger partial charge in [-0.1, -0.05) is 48.0 Å². The SMILES string of the molecule is Cc1sc(N/N=C\c2ccc(OC(=O)c3cccc(Cl)c3)cc2)nc1-c1ccccc1. The second-order valence-corrected chi connectivity index (χ2v) is 8.27. The Morgan fingerprint density at radius 1 is 1.06 bits per heavy atom. The number of aryl methyl sites for hydroxylation is 1. The molecule has 0 unspecified atom stereocenters. The maximum Gasteiger partial charge on any atom is 0.343 e. The Morgan fingerprint density at radius 3 is 2.58 bits per heavy atom. The summed E-state index contributed by atoms with van der Waals surface area (Å²) in [5, 5.41) is 5.47. The average Bonchev–Trinajstić information content (AvgIpc) is 3.16. The summed E-state index contributed by atoms with van der Waals surface area (Å²) in [6.45, 7) is 2.04. The largest absolute Gasteiger partial charge is 0.423 e. The summed E-state index contributed by atoms with van der Waals surface area (Å²) in [6, 6.07) is 23.7. The van der Waals surface area contributed by atoms with Gasteiger partial charge in [0.05, 0.1) is 17.5 Å². The van der Waals surface area contributed by atoms with Crippen molar-refractivity contribution in [2.75, 3.05) is 5.43 Å². The highest BCUT2D eigenvalue weighted by atomic mass is 35.5. The predicted molar refractivity (Wildman–Crippen MR) is 126 cm³/mol. The van der Waals surface area contributed by atoms with Crippen LogP contribution < -0.4 is 10.2 Å². The minimum Gasteiger partial charge on any atom is -0.423 e. The number of hydrazone groups is 1. The van der Waals surface area contributed by atoms with Crippen molar-refractivity contribution in [2.45, 2.75) is 6.92 Å². The van der Waals surface area contributed by atoms with E-state index in [0.717, 1.165) is 26.8 Å². The van der Waals surface area contributed by atoms with E-state index in [9.17, 15) is 4.79 Å². The highest BCUT2D eigenvalue weighted by Crippen LogP contribution is 2.30. The standard InChI is InChI=1S/C24H18ClN3O2S/c1-16-22(18-6-3-2-4-7-18)27-24(31-16)28-26-15-17-10-12-21(13-11-17)30-23(29)19-8-5-9-20(25)14-19/h2-15H,1H3,(H,27,28)/b26-15-. The van der Waals surface area contributed by atoms with Crippen LogP contribution in [0, 0.1) is 6.92 Å². The fourth-order valence-corrected chi connectivity index (χ4v) is 3.85. The lowest BCUT2D eigenvalue weighted by Gasteiger charge is -2.05. The molecular weight excluding hydrogens is 430 g/mol. The first-order chi connectivity index (χ1) is 15.1. The molecule has 1 N–H and O–H groups in total. The van der Waals surface area contributed by atoms with Crippen molar-refractivity contribution in [3.63, 3.8) is 0 Å². The van der Waals surface area contributed by atoms with Crippen molar-refractivity contribution >= 4 is 40.3 Å². The van der Waals surface area contributed by atoms with Gasteiger partial charge in [-0.3, -0.25) is 5.43 Å². The van der Waals surface area contributed by atoms with Gasteiger partial charge in [0.15, 0.2) is 0 Å². The molecule has 0 aliphatic heterocycles. The first kappa shape index (κ1) is 20.8. The zero-order valence-corrected chi connectivity index (χ0v) is 18.2. The second kappa shape index (κ2) is 9.55. The second-order valence-electron chi connectivity index (χ2n) is 6.63.